The van der Waals surface area contributed by atoms with Crippen molar-refractivity contribution < 1.29 is 0 Å². The van der Waals surface area contributed by atoms with Gasteiger partial charge in [-0.25, -0.2) is 0 Å². The number of nitrogens with zero attached hydrogens (tertiary/aromatic N) is 1. The van der Waals surface area contributed by atoms with E-state index in [4.69, 9.17) is 11.5 Å². The average molecular weight is 281 g/mol. The number of aryl methyl sites for hydroxylation is 1. The van der Waals surface area contributed by atoms with Crippen molar-refractivity contribution in [1.29, 1.82) is 5.26 Å². The quantitative estimate of drug-likeness (QED) is 0.513. The third-order valence-electron chi connectivity index (χ3n) is 2.91. The number of thioether (sulfide) groups is 1. The van der Waals surface area contributed by atoms with Gasteiger partial charge in [-0.2, -0.15) is 5.26 Å². The predicted octanol–water partition coefficient (Wildman–Crippen LogP) is 3.52. The van der Waals surface area contributed by atoms with Crippen LogP contribution in [0.3, 0.4) is 0 Å². The predicted molar refractivity (Wildman–Crippen MR) is 84.6 cm³/mol. The van der Waals surface area contributed by atoms with Gasteiger partial charge in [0.05, 0.1) is 10.6 Å². The van der Waals surface area contributed by atoms with E-state index in [1.807, 2.05) is 55.5 Å². The van der Waals surface area contributed by atoms with E-state index in [2.05, 4.69) is 6.07 Å². The number of nitrogens with two attached hydrogens (primary N) is 2. The van der Waals surface area contributed by atoms with Crippen LogP contribution >= 0.6 is 11.8 Å². The first-order valence-electron chi connectivity index (χ1n) is 6.11. The lowest BCUT2D eigenvalue weighted by Crippen LogP contribution is -2.00. The van der Waals surface area contributed by atoms with Crippen LogP contribution in [0.25, 0.3) is 5.57 Å². The second-order valence-electron chi connectivity index (χ2n) is 4.31. The second-order valence-corrected chi connectivity index (χ2v) is 5.39. The van der Waals surface area contributed by atoms with Crippen LogP contribution in [0.1, 0.15) is 11.1 Å². The zero-order chi connectivity index (χ0) is 14.5. The van der Waals surface area contributed by atoms with Gasteiger partial charge >= 0.3 is 0 Å². The first-order chi connectivity index (χ1) is 9.63. The van der Waals surface area contributed by atoms with Crippen molar-refractivity contribution in [2.75, 3.05) is 5.73 Å². The van der Waals surface area contributed by atoms with Crippen LogP contribution in [0.2, 0.25) is 0 Å². The van der Waals surface area contributed by atoms with Gasteiger partial charge in [-0.05, 0) is 30.2 Å². The molecule has 0 amide bonds. The Bertz CT molecular complexity index is 699. The minimum atomic E-state index is 0.458. The van der Waals surface area contributed by atoms with Gasteiger partial charge in [0.1, 0.15) is 6.07 Å². The van der Waals surface area contributed by atoms with E-state index >= 15 is 0 Å². The van der Waals surface area contributed by atoms with Crippen LogP contribution in [0.15, 0.2) is 58.5 Å². The van der Waals surface area contributed by atoms with Crippen molar-refractivity contribution in [2.45, 2.75) is 11.8 Å². The fourth-order valence-electron chi connectivity index (χ4n) is 1.84. The lowest BCUT2D eigenvalue weighted by atomic mass is 10.0. The molecule has 0 bridgehead atoms. The molecule has 0 heterocycles. The van der Waals surface area contributed by atoms with Gasteiger partial charge < -0.3 is 11.5 Å². The van der Waals surface area contributed by atoms with Crippen LogP contribution in [0.5, 0.6) is 0 Å². The van der Waals surface area contributed by atoms with Gasteiger partial charge in [0.2, 0.25) is 0 Å². The van der Waals surface area contributed by atoms with Crippen LogP contribution in [-0.4, -0.2) is 0 Å². The van der Waals surface area contributed by atoms with E-state index in [0.717, 1.165) is 16.0 Å². The van der Waals surface area contributed by atoms with E-state index in [0.29, 0.717) is 16.3 Å². The van der Waals surface area contributed by atoms with E-state index in [1.165, 1.54) is 11.8 Å². The summed E-state index contributed by atoms with van der Waals surface area (Å²) in [6.45, 7) is 1.96. The zero-order valence-electron chi connectivity index (χ0n) is 11.1. The Morgan fingerprint density at radius 2 is 1.75 bits per heavy atom. The smallest absolute Gasteiger partial charge is 0.103 e. The van der Waals surface area contributed by atoms with E-state index in [-0.39, 0.29) is 0 Å². The molecule has 0 radical (unpaired) electrons. The summed E-state index contributed by atoms with van der Waals surface area (Å²) in [5.41, 5.74) is 15.0. The van der Waals surface area contributed by atoms with Crippen LogP contribution < -0.4 is 11.5 Å². The zero-order valence-corrected chi connectivity index (χ0v) is 11.9. The van der Waals surface area contributed by atoms with Gasteiger partial charge in [0.25, 0.3) is 0 Å². The number of hydrogen-bond acceptors (Lipinski definition) is 4. The molecule has 2 aromatic carbocycles. The number of anilines is 1. The number of nitriles is 1. The molecule has 0 fully saturated rings. The van der Waals surface area contributed by atoms with Crippen molar-refractivity contribution in [3.63, 3.8) is 0 Å². The largest absolute Gasteiger partial charge is 0.398 e. The van der Waals surface area contributed by atoms with Crippen LogP contribution in [0.4, 0.5) is 5.69 Å². The Hall–Kier alpha value is -2.38. The number of benzene rings is 2. The van der Waals surface area contributed by atoms with Crippen molar-refractivity contribution in [3.8, 4) is 6.07 Å². The van der Waals surface area contributed by atoms with Gasteiger partial charge in [0, 0.05) is 10.6 Å². The van der Waals surface area contributed by atoms with Crippen LogP contribution in [0, 0.1) is 18.3 Å². The fraction of sp³-hybridized carbons (Fsp3) is 0.0625. The van der Waals surface area contributed by atoms with E-state index in [1.54, 1.807) is 0 Å². The summed E-state index contributed by atoms with van der Waals surface area (Å²) >= 11 is 1.32. The maximum absolute atomic E-state index is 9.39. The molecule has 0 unspecified atom stereocenters. The minimum absolute atomic E-state index is 0.458. The third kappa shape index (κ3) is 2.95. The Morgan fingerprint density at radius 3 is 2.40 bits per heavy atom. The lowest BCUT2D eigenvalue weighted by molar-refractivity contribution is 1.39. The van der Waals surface area contributed by atoms with E-state index in [9.17, 15) is 5.26 Å². The maximum Gasteiger partial charge on any atom is 0.103 e. The normalized spacial score (nSPS) is 11.6. The molecular formula is C16H15N3S. The summed E-state index contributed by atoms with van der Waals surface area (Å²) in [4.78, 5) is 0.853. The van der Waals surface area contributed by atoms with Crippen molar-refractivity contribution in [3.05, 3.63) is 64.7 Å². The maximum atomic E-state index is 9.39. The molecule has 0 spiro atoms. The number of hydrogen-bond donors (Lipinski definition) is 2. The molecule has 4 N–H and O–H groups in total. The van der Waals surface area contributed by atoms with Gasteiger partial charge in [-0.15, -0.1) is 0 Å². The topological polar surface area (TPSA) is 75.8 Å². The first kappa shape index (κ1) is 14.0. The molecule has 100 valence electrons. The van der Waals surface area contributed by atoms with Gasteiger partial charge in [0.15, 0.2) is 0 Å². The molecule has 0 atom stereocenters. The molecule has 2 rings (SSSR count). The number of allylic oxidation sites excluding steroid dienone is 1. The molecule has 0 aliphatic carbocycles. The summed E-state index contributed by atoms with van der Waals surface area (Å²) in [6.07, 6.45) is 0. The standard InChI is InChI=1S/C16H15N3S/c1-11-6-2-3-7-12(11)13(10-17)16(19)20-15-9-5-4-8-14(15)18/h2-9H,18-19H2,1H3/b16-13+. The average Bonchev–Trinajstić information content (AvgIpc) is 2.44. The highest BCUT2D eigenvalue weighted by atomic mass is 32.2. The van der Waals surface area contributed by atoms with E-state index < -0.39 is 0 Å². The third-order valence-corrected chi connectivity index (χ3v) is 3.93. The molecule has 20 heavy (non-hydrogen) atoms. The molecule has 0 aliphatic rings. The second kappa shape index (κ2) is 6.18. The SMILES string of the molecule is Cc1ccccc1/C(C#N)=C(\N)Sc1ccccc1N. The van der Waals surface area contributed by atoms with Crippen molar-refractivity contribution in [1.82, 2.24) is 0 Å². The molecular weight excluding hydrogens is 266 g/mol. The molecule has 0 aliphatic heterocycles. The molecule has 0 saturated heterocycles. The highest BCUT2D eigenvalue weighted by Crippen LogP contribution is 2.33. The van der Waals surface area contributed by atoms with Crippen molar-refractivity contribution >= 4 is 23.0 Å². The highest BCUT2D eigenvalue weighted by Gasteiger charge is 2.11. The molecule has 0 aromatic heterocycles. The van der Waals surface area contributed by atoms with Gasteiger partial charge in [-0.3, -0.25) is 0 Å². The Morgan fingerprint density at radius 1 is 1.10 bits per heavy atom. The summed E-state index contributed by atoms with van der Waals surface area (Å²) < 4.78 is 0. The fourth-order valence-corrected chi connectivity index (χ4v) is 2.67. The number of rotatable bonds is 3. The summed E-state index contributed by atoms with van der Waals surface area (Å²) in [7, 11) is 0. The lowest BCUT2D eigenvalue weighted by Gasteiger charge is -2.09. The molecule has 0 saturated carbocycles. The van der Waals surface area contributed by atoms with Crippen molar-refractivity contribution in [2.24, 2.45) is 5.73 Å². The summed E-state index contributed by atoms with van der Waals surface area (Å²) in [5, 5.41) is 9.85. The number of nitrogen functional groups attached to an aromatic ring is 1. The molecule has 4 heteroatoms. The first-order valence-corrected chi connectivity index (χ1v) is 6.93. The van der Waals surface area contributed by atoms with Crippen LogP contribution in [-0.2, 0) is 0 Å². The Labute approximate surface area is 122 Å². The monoisotopic (exact) mass is 281 g/mol. The molecule has 3 nitrogen and oxygen atoms in total. The van der Waals surface area contributed by atoms with Gasteiger partial charge in [-0.1, -0.05) is 48.2 Å². The number of para-hydroxylation sites is 1. The molecule has 2 aromatic rings. The highest BCUT2D eigenvalue weighted by molar-refractivity contribution is 8.03. The summed E-state index contributed by atoms with van der Waals surface area (Å²) in [6, 6.07) is 17.3. The minimum Gasteiger partial charge on any atom is -0.398 e. The Balaban J connectivity index is 2.42. The Kier molecular flexibility index (Phi) is 4.34. The summed E-state index contributed by atoms with van der Waals surface area (Å²) in [5.74, 6) is 0.